The van der Waals surface area contributed by atoms with Crippen molar-refractivity contribution in [2.75, 3.05) is 25.5 Å². The zero-order valence-corrected chi connectivity index (χ0v) is 24.4. The van der Waals surface area contributed by atoms with Crippen LogP contribution in [0.5, 0.6) is 0 Å². The largest absolute Gasteiger partial charge is 0.465 e. The van der Waals surface area contributed by atoms with Gasteiger partial charge >= 0.3 is 12.1 Å². The molecule has 4 rings (SSSR count). The van der Waals surface area contributed by atoms with Crippen LogP contribution in [0.2, 0.25) is 0 Å². The van der Waals surface area contributed by atoms with E-state index >= 15 is 0 Å². The van der Waals surface area contributed by atoms with Crippen LogP contribution in [0.4, 0.5) is 10.5 Å². The van der Waals surface area contributed by atoms with Gasteiger partial charge in [-0.2, -0.15) is 0 Å². The number of anilines is 1. The van der Waals surface area contributed by atoms with Crippen molar-refractivity contribution in [3.63, 3.8) is 0 Å². The number of hydrogen-bond acceptors (Lipinski definition) is 6. The molecule has 2 aromatic rings. The van der Waals surface area contributed by atoms with Gasteiger partial charge in [0.05, 0.1) is 12.7 Å². The van der Waals surface area contributed by atoms with E-state index in [0.717, 1.165) is 31.2 Å². The quantitative estimate of drug-likeness (QED) is 0.452. The fourth-order valence-electron chi connectivity index (χ4n) is 5.83. The lowest BCUT2D eigenvalue weighted by Crippen LogP contribution is -2.48. The Bertz CT molecular complexity index is 1220. The molecule has 1 heterocycles. The Morgan fingerprint density at radius 1 is 0.902 bits per heavy atom. The molecular formula is C32H41N3O6. The van der Waals surface area contributed by atoms with Gasteiger partial charge in [-0.1, -0.05) is 30.3 Å². The monoisotopic (exact) mass is 563 g/mol. The summed E-state index contributed by atoms with van der Waals surface area (Å²) >= 11 is 0. The highest BCUT2D eigenvalue weighted by Crippen LogP contribution is 2.38. The van der Waals surface area contributed by atoms with Crippen molar-refractivity contribution in [2.24, 2.45) is 11.8 Å². The minimum atomic E-state index is -0.642. The molecule has 3 amide bonds. The van der Waals surface area contributed by atoms with Crippen LogP contribution in [-0.2, 0) is 19.1 Å². The Kier molecular flexibility index (Phi) is 9.68. The summed E-state index contributed by atoms with van der Waals surface area (Å²) in [4.78, 5) is 53.1. The summed E-state index contributed by atoms with van der Waals surface area (Å²) in [5.41, 5.74) is 1.42. The molecule has 220 valence electrons. The van der Waals surface area contributed by atoms with Crippen molar-refractivity contribution in [1.29, 1.82) is 0 Å². The van der Waals surface area contributed by atoms with Gasteiger partial charge in [0.15, 0.2) is 0 Å². The lowest BCUT2D eigenvalue weighted by atomic mass is 9.81. The highest BCUT2D eigenvalue weighted by atomic mass is 16.6. The molecule has 0 bridgehead atoms. The molecule has 0 aromatic heterocycles. The zero-order valence-electron chi connectivity index (χ0n) is 24.4. The number of alkyl carbamates (subject to hydrolysis) is 1. The molecule has 0 radical (unpaired) electrons. The molecule has 1 saturated heterocycles. The van der Waals surface area contributed by atoms with Crippen LogP contribution in [0.25, 0.3) is 0 Å². The minimum Gasteiger partial charge on any atom is -0.465 e. The van der Waals surface area contributed by atoms with Gasteiger partial charge in [-0.25, -0.2) is 9.59 Å². The van der Waals surface area contributed by atoms with Gasteiger partial charge in [-0.15, -0.1) is 0 Å². The number of methoxy groups -OCH3 is 1. The number of likely N-dealkylation sites (tertiary alicyclic amines) is 1. The Hall–Kier alpha value is -3.88. The number of esters is 1. The Morgan fingerprint density at radius 2 is 1.56 bits per heavy atom. The molecule has 2 aliphatic rings. The summed E-state index contributed by atoms with van der Waals surface area (Å²) in [6.45, 7) is 6.53. The number of amides is 3. The maximum absolute atomic E-state index is 13.8. The summed E-state index contributed by atoms with van der Waals surface area (Å²) in [5.74, 6) is -0.668. The molecule has 0 unspecified atom stereocenters. The van der Waals surface area contributed by atoms with E-state index in [9.17, 15) is 19.2 Å². The normalized spacial score (nSPS) is 22.5. The first-order chi connectivity index (χ1) is 19.6. The van der Waals surface area contributed by atoms with E-state index in [4.69, 9.17) is 9.47 Å². The molecule has 1 aliphatic heterocycles. The fraction of sp³-hybridized carbons (Fsp3) is 0.500. The summed E-state index contributed by atoms with van der Waals surface area (Å²) in [6.07, 6.45) is 3.36. The highest BCUT2D eigenvalue weighted by molar-refractivity contribution is 5.99. The van der Waals surface area contributed by atoms with Crippen molar-refractivity contribution in [2.45, 2.75) is 70.4 Å². The average molecular weight is 564 g/mol. The number of carbonyl (C=O) groups excluding carboxylic acids is 4. The van der Waals surface area contributed by atoms with E-state index in [1.165, 1.54) is 7.11 Å². The standard InChI is InChI=1S/C32H41N3O6/c1-32(2,3)41-31(39)33-20-21-10-12-23(13-11-21)29(37)35-19-18-26(22-8-6-5-7-9-22)27(35)28(36)34-25-16-14-24(15-17-25)30(38)40-4/h5-9,14-17,21,23,26-27H,10-13,18-20H2,1-4H3,(H,33,39)(H,34,36)/t21?,23?,26-,27+/m0/s1. The molecule has 41 heavy (non-hydrogen) atoms. The van der Waals surface area contributed by atoms with Crippen LogP contribution >= 0.6 is 0 Å². The third-order valence-corrected chi connectivity index (χ3v) is 7.88. The fourth-order valence-corrected chi connectivity index (χ4v) is 5.83. The topological polar surface area (TPSA) is 114 Å². The van der Waals surface area contributed by atoms with Gasteiger partial charge in [-0.3, -0.25) is 9.59 Å². The van der Waals surface area contributed by atoms with Crippen LogP contribution < -0.4 is 10.6 Å². The van der Waals surface area contributed by atoms with Crippen LogP contribution in [0, 0.1) is 11.8 Å². The van der Waals surface area contributed by atoms with E-state index < -0.39 is 23.7 Å². The lowest BCUT2D eigenvalue weighted by molar-refractivity contribution is -0.141. The van der Waals surface area contributed by atoms with Crippen LogP contribution in [0.15, 0.2) is 54.6 Å². The molecule has 2 N–H and O–H groups in total. The van der Waals surface area contributed by atoms with Crippen LogP contribution in [0.3, 0.4) is 0 Å². The number of benzene rings is 2. The summed E-state index contributed by atoms with van der Waals surface area (Å²) < 4.78 is 10.1. The first-order valence-corrected chi connectivity index (χ1v) is 14.4. The van der Waals surface area contributed by atoms with Crippen molar-refractivity contribution >= 4 is 29.6 Å². The third kappa shape index (κ3) is 7.86. The van der Waals surface area contributed by atoms with E-state index in [0.29, 0.717) is 30.8 Å². The number of nitrogens with one attached hydrogen (secondary N) is 2. The highest BCUT2D eigenvalue weighted by Gasteiger charge is 2.44. The molecular weight excluding hydrogens is 522 g/mol. The van der Waals surface area contributed by atoms with E-state index in [2.05, 4.69) is 10.6 Å². The maximum Gasteiger partial charge on any atom is 0.407 e. The van der Waals surface area contributed by atoms with E-state index in [-0.39, 0.29) is 29.6 Å². The summed E-state index contributed by atoms with van der Waals surface area (Å²) in [5, 5.41) is 5.82. The van der Waals surface area contributed by atoms with Crippen molar-refractivity contribution in [3.8, 4) is 0 Å². The third-order valence-electron chi connectivity index (χ3n) is 7.88. The molecule has 9 heteroatoms. The maximum atomic E-state index is 13.8. The zero-order chi connectivity index (χ0) is 29.6. The Balaban J connectivity index is 1.41. The Labute approximate surface area is 242 Å². The molecule has 0 spiro atoms. The lowest BCUT2D eigenvalue weighted by Gasteiger charge is -2.34. The number of nitrogens with zero attached hydrogens (tertiary/aromatic N) is 1. The molecule has 2 aromatic carbocycles. The Morgan fingerprint density at radius 3 is 2.17 bits per heavy atom. The molecule has 2 atom stereocenters. The summed E-state index contributed by atoms with van der Waals surface area (Å²) in [7, 11) is 1.32. The SMILES string of the molecule is COC(=O)c1ccc(NC(=O)[C@H]2[C@H](c3ccccc3)CCN2C(=O)C2CCC(CNC(=O)OC(C)(C)C)CC2)cc1. The van der Waals surface area contributed by atoms with E-state index in [1.807, 2.05) is 51.1 Å². The van der Waals surface area contributed by atoms with Gasteiger partial charge in [0.2, 0.25) is 11.8 Å². The van der Waals surface area contributed by atoms with Crippen molar-refractivity contribution in [3.05, 3.63) is 65.7 Å². The van der Waals surface area contributed by atoms with Gasteiger partial charge < -0.3 is 25.0 Å². The number of carbonyl (C=O) groups is 4. The number of rotatable bonds is 7. The van der Waals surface area contributed by atoms with Crippen molar-refractivity contribution in [1.82, 2.24) is 10.2 Å². The van der Waals surface area contributed by atoms with Gasteiger partial charge in [0, 0.05) is 30.6 Å². The second kappa shape index (κ2) is 13.2. The second-order valence-corrected chi connectivity index (χ2v) is 11.9. The average Bonchev–Trinajstić information content (AvgIpc) is 3.41. The molecule has 1 saturated carbocycles. The van der Waals surface area contributed by atoms with Crippen LogP contribution in [-0.4, -0.2) is 60.6 Å². The van der Waals surface area contributed by atoms with Crippen molar-refractivity contribution < 1.29 is 28.7 Å². The molecule has 9 nitrogen and oxygen atoms in total. The molecule has 2 fully saturated rings. The predicted molar refractivity (Wildman–Crippen MR) is 155 cm³/mol. The van der Waals surface area contributed by atoms with Crippen LogP contribution in [0.1, 0.15) is 74.7 Å². The smallest absolute Gasteiger partial charge is 0.407 e. The number of hydrogen-bond donors (Lipinski definition) is 2. The van der Waals surface area contributed by atoms with E-state index in [1.54, 1.807) is 29.2 Å². The predicted octanol–water partition coefficient (Wildman–Crippen LogP) is 5.13. The minimum absolute atomic E-state index is 0.0168. The van der Waals surface area contributed by atoms with Gasteiger partial charge in [0.25, 0.3) is 0 Å². The molecule has 1 aliphatic carbocycles. The van der Waals surface area contributed by atoms with Gasteiger partial charge in [0.1, 0.15) is 11.6 Å². The first kappa shape index (κ1) is 30.1. The van der Waals surface area contributed by atoms with Gasteiger partial charge in [-0.05, 0) is 88.6 Å². The first-order valence-electron chi connectivity index (χ1n) is 14.4. The summed E-state index contributed by atoms with van der Waals surface area (Å²) in [6, 6.07) is 15.7. The second-order valence-electron chi connectivity index (χ2n) is 11.9. The number of ether oxygens (including phenoxy) is 2.